The smallest absolute Gasteiger partial charge is 0.343 e. The zero-order valence-corrected chi connectivity index (χ0v) is 10.1. The minimum atomic E-state index is -0.515. The van der Waals surface area contributed by atoms with E-state index < -0.39 is 5.97 Å². The van der Waals surface area contributed by atoms with Gasteiger partial charge in [0.2, 0.25) is 0 Å². The molecule has 0 aromatic carbocycles. The molecule has 2 heterocycles. The fourth-order valence-corrected chi connectivity index (χ4v) is 1.54. The molecule has 7 nitrogen and oxygen atoms in total. The molecule has 0 saturated carbocycles. The lowest BCUT2D eigenvalue weighted by molar-refractivity contribution is 0.0526. The second-order valence-corrected chi connectivity index (χ2v) is 3.55. The van der Waals surface area contributed by atoms with E-state index in [0.29, 0.717) is 17.3 Å². The fraction of sp³-hybridized carbons (Fsp3) is 0.273. The number of nitrogens with one attached hydrogen (secondary N) is 1. The molecule has 0 aliphatic carbocycles. The summed E-state index contributed by atoms with van der Waals surface area (Å²) in [7, 11) is 0. The standard InChI is InChI=1S/C11H13N5O2/c1-3-18-11(17)7-6(2)15-10(16-8(7)12)9-13-4-5-14-9/h4-5H,3H2,1-2H3,(H,13,14)(H2,12,15,16). The van der Waals surface area contributed by atoms with E-state index in [2.05, 4.69) is 19.9 Å². The van der Waals surface area contributed by atoms with Crippen molar-refractivity contribution in [3.8, 4) is 11.6 Å². The van der Waals surface area contributed by atoms with Crippen molar-refractivity contribution in [1.82, 2.24) is 19.9 Å². The number of anilines is 1. The number of carbonyl (C=O) groups is 1. The summed E-state index contributed by atoms with van der Waals surface area (Å²) in [5, 5.41) is 0. The van der Waals surface area contributed by atoms with E-state index in [9.17, 15) is 4.79 Å². The number of aromatic nitrogens is 4. The van der Waals surface area contributed by atoms with Crippen LogP contribution in [-0.2, 0) is 4.74 Å². The van der Waals surface area contributed by atoms with Gasteiger partial charge >= 0.3 is 5.97 Å². The number of nitrogens with zero attached hydrogens (tertiary/aromatic N) is 3. The van der Waals surface area contributed by atoms with Gasteiger partial charge < -0.3 is 15.5 Å². The van der Waals surface area contributed by atoms with Crippen LogP contribution in [0.2, 0.25) is 0 Å². The first-order valence-corrected chi connectivity index (χ1v) is 5.44. The predicted octanol–water partition coefficient (Wildman–Crippen LogP) is 0.934. The Bertz CT molecular complexity index is 542. The van der Waals surface area contributed by atoms with Crippen LogP contribution < -0.4 is 5.73 Å². The van der Waals surface area contributed by atoms with Crippen LogP contribution in [0.1, 0.15) is 23.0 Å². The van der Waals surface area contributed by atoms with Crippen LogP contribution >= 0.6 is 0 Å². The van der Waals surface area contributed by atoms with Gasteiger partial charge in [-0.2, -0.15) is 0 Å². The lowest BCUT2D eigenvalue weighted by atomic mass is 10.2. The number of rotatable bonds is 3. The third-order valence-electron chi connectivity index (χ3n) is 2.31. The maximum absolute atomic E-state index is 11.7. The number of carbonyl (C=O) groups excluding carboxylic acids is 1. The maximum Gasteiger partial charge on any atom is 0.343 e. The molecule has 2 aromatic rings. The molecule has 7 heteroatoms. The average Bonchev–Trinajstić information content (AvgIpc) is 2.81. The minimum absolute atomic E-state index is 0.0901. The molecule has 0 atom stereocenters. The van der Waals surface area contributed by atoms with Gasteiger partial charge in [0.1, 0.15) is 11.4 Å². The summed E-state index contributed by atoms with van der Waals surface area (Å²) in [5.74, 6) is 0.425. The Hall–Kier alpha value is -2.44. The number of hydrogen-bond donors (Lipinski definition) is 2. The van der Waals surface area contributed by atoms with Crippen LogP contribution in [0.5, 0.6) is 0 Å². The molecule has 0 saturated heterocycles. The highest BCUT2D eigenvalue weighted by molar-refractivity contribution is 5.95. The van der Waals surface area contributed by atoms with Crippen molar-refractivity contribution in [3.05, 3.63) is 23.7 Å². The molecule has 0 radical (unpaired) electrons. The number of H-pyrrole nitrogens is 1. The molecule has 0 amide bonds. The van der Waals surface area contributed by atoms with Gasteiger partial charge in [0.15, 0.2) is 11.6 Å². The molecular weight excluding hydrogens is 234 g/mol. The summed E-state index contributed by atoms with van der Waals surface area (Å²) in [6.45, 7) is 3.68. The molecule has 18 heavy (non-hydrogen) atoms. The van der Waals surface area contributed by atoms with Gasteiger partial charge in [0.05, 0.1) is 12.3 Å². The quantitative estimate of drug-likeness (QED) is 0.781. The highest BCUT2D eigenvalue weighted by Crippen LogP contribution is 2.18. The van der Waals surface area contributed by atoms with Crippen molar-refractivity contribution in [2.24, 2.45) is 0 Å². The van der Waals surface area contributed by atoms with Crippen molar-refractivity contribution in [3.63, 3.8) is 0 Å². The summed E-state index contributed by atoms with van der Waals surface area (Å²) < 4.78 is 4.90. The number of aromatic amines is 1. The molecule has 0 bridgehead atoms. The zero-order valence-electron chi connectivity index (χ0n) is 10.1. The van der Waals surface area contributed by atoms with E-state index in [1.54, 1.807) is 26.2 Å². The number of esters is 1. The van der Waals surface area contributed by atoms with Crippen LogP contribution in [0.25, 0.3) is 11.6 Å². The number of hydrogen-bond acceptors (Lipinski definition) is 6. The molecule has 0 unspecified atom stereocenters. The lowest BCUT2D eigenvalue weighted by Gasteiger charge is -2.08. The molecule has 3 N–H and O–H groups in total. The Balaban J connectivity index is 2.44. The second-order valence-electron chi connectivity index (χ2n) is 3.55. The summed E-state index contributed by atoms with van der Waals surface area (Å²) in [6.07, 6.45) is 3.24. The third-order valence-corrected chi connectivity index (χ3v) is 2.31. The normalized spacial score (nSPS) is 10.3. The van der Waals surface area contributed by atoms with Gasteiger partial charge in [0.25, 0.3) is 0 Å². The van der Waals surface area contributed by atoms with E-state index in [4.69, 9.17) is 10.5 Å². The maximum atomic E-state index is 11.7. The Kier molecular flexibility index (Phi) is 3.22. The highest BCUT2D eigenvalue weighted by Gasteiger charge is 2.19. The van der Waals surface area contributed by atoms with Crippen molar-refractivity contribution in [2.45, 2.75) is 13.8 Å². The Morgan fingerprint density at radius 2 is 2.28 bits per heavy atom. The van der Waals surface area contributed by atoms with Crippen molar-refractivity contribution in [2.75, 3.05) is 12.3 Å². The summed E-state index contributed by atoms with van der Waals surface area (Å²) in [4.78, 5) is 26.8. The summed E-state index contributed by atoms with van der Waals surface area (Å²) >= 11 is 0. The highest BCUT2D eigenvalue weighted by atomic mass is 16.5. The van der Waals surface area contributed by atoms with Crippen LogP contribution in [0.4, 0.5) is 5.82 Å². The van der Waals surface area contributed by atoms with Gasteiger partial charge in [0, 0.05) is 12.4 Å². The van der Waals surface area contributed by atoms with Crippen molar-refractivity contribution in [1.29, 1.82) is 0 Å². The topological polar surface area (TPSA) is 107 Å². The minimum Gasteiger partial charge on any atom is -0.462 e. The Morgan fingerprint density at radius 1 is 1.50 bits per heavy atom. The predicted molar refractivity (Wildman–Crippen MR) is 64.7 cm³/mol. The van der Waals surface area contributed by atoms with Crippen LogP contribution in [0.3, 0.4) is 0 Å². The van der Waals surface area contributed by atoms with Gasteiger partial charge in [-0.1, -0.05) is 0 Å². The molecule has 94 valence electrons. The van der Waals surface area contributed by atoms with E-state index in [1.165, 1.54) is 0 Å². The van der Waals surface area contributed by atoms with Gasteiger partial charge in [-0.3, -0.25) is 0 Å². The monoisotopic (exact) mass is 247 g/mol. The van der Waals surface area contributed by atoms with Crippen molar-refractivity contribution >= 4 is 11.8 Å². The second kappa shape index (κ2) is 4.82. The molecule has 0 aliphatic rings. The van der Waals surface area contributed by atoms with Crippen LogP contribution in [0.15, 0.2) is 12.4 Å². The number of imidazole rings is 1. The average molecular weight is 247 g/mol. The molecule has 0 fully saturated rings. The molecule has 2 aromatic heterocycles. The third kappa shape index (κ3) is 2.15. The largest absolute Gasteiger partial charge is 0.462 e. The van der Waals surface area contributed by atoms with E-state index in [-0.39, 0.29) is 18.0 Å². The zero-order chi connectivity index (χ0) is 13.1. The van der Waals surface area contributed by atoms with Gasteiger partial charge in [-0.15, -0.1) is 0 Å². The first kappa shape index (κ1) is 12.0. The van der Waals surface area contributed by atoms with E-state index >= 15 is 0 Å². The van der Waals surface area contributed by atoms with E-state index in [0.717, 1.165) is 0 Å². The number of nitrogen functional groups attached to an aromatic ring is 1. The lowest BCUT2D eigenvalue weighted by Crippen LogP contribution is -2.13. The SMILES string of the molecule is CCOC(=O)c1c(C)nc(-c2ncc[nH]2)nc1N. The van der Waals surface area contributed by atoms with Gasteiger partial charge in [-0.25, -0.2) is 19.7 Å². The number of aryl methyl sites for hydroxylation is 1. The molecule has 0 aliphatic heterocycles. The molecule has 2 rings (SSSR count). The fourth-order valence-electron chi connectivity index (χ4n) is 1.54. The first-order chi connectivity index (χ1) is 8.63. The number of ether oxygens (including phenoxy) is 1. The van der Waals surface area contributed by atoms with Crippen LogP contribution in [-0.4, -0.2) is 32.5 Å². The Labute approximate surface area is 103 Å². The first-order valence-electron chi connectivity index (χ1n) is 5.44. The summed E-state index contributed by atoms with van der Waals surface area (Å²) in [6, 6.07) is 0. The van der Waals surface area contributed by atoms with Gasteiger partial charge in [-0.05, 0) is 13.8 Å². The Morgan fingerprint density at radius 3 is 2.83 bits per heavy atom. The number of nitrogens with two attached hydrogens (primary N) is 1. The van der Waals surface area contributed by atoms with Crippen molar-refractivity contribution < 1.29 is 9.53 Å². The summed E-state index contributed by atoms with van der Waals surface area (Å²) in [5.41, 5.74) is 6.43. The van der Waals surface area contributed by atoms with E-state index in [1.807, 2.05) is 0 Å². The van der Waals surface area contributed by atoms with Crippen LogP contribution in [0, 0.1) is 6.92 Å². The molecular formula is C11H13N5O2. The molecule has 0 spiro atoms.